The monoisotopic (exact) mass is 1510 g/mol. The highest BCUT2D eigenvalue weighted by molar-refractivity contribution is 6.22. The topological polar surface area (TPSA) is 29.5 Å². The van der Waals surface area contributed by atoms with Crippen molar-refractivity contribution in [2.24, 2.45) is 0 Å². The Labute approximate surface area is 687 Å². The highest BCUT2D eigenvalue weighted by Crippen LogP contribution is 2.72. The third-order valence-corrected chi connectivity index (χ3v) is 29.3. The number of furan rings is 2. The molecule has 0 aliphatic heterocycles. The number of anilines is 3. The normalized spacial score (nSPS) is 14.9. The Kier molecular flexibility index (Phi) is 18.1. The first-order valence-electron chi connectivity index (χ1n) is 45.0. The van der Waals surface area contributed by atoms with E-state index in [0.717, 1.165) is 53.4 Å². The van der Waals surface area contributed by atoms with Gasteiger partial charge in [0.1, 0.15) is 22.3 Å². The Bertz CT molecular complexity index is 6300. The second-order valence-electron chi connectivity index (χ2n) is 35.8. The molecule has 13 aromatic carbocycles. The maximum atomic E-state index is 7.68. The molecule has 2 heterocycles. The van der Waals surface area contributed by atoms with Crippen LogP contribution < -0.4 is 4.90 Å². The van der Waals surface area contributed by atoms with E-state index in [1.807, 2.05) is 0 Å². The van der Waals surface area contributed by atoms with Crippen molar-refractivity contribution >= 4 is 60.9 Å². The number of unbranched alkanes of at least 4 members (excludes halogenated alkanes) is 16. The summed E-state index contributed by atoms with van der Waals surface area (Å²) in [7, 11) is 0. The van der Waals surface area contributed by atoms with E-state index >= 15 is 0 Å². The molecule has 0 atom stereocenters. The zero-order chi connectivity index (χ0) is 78.2. The van der Waals surface area contributed by atoms with Crippen LogP contribution in [0, 0.1) is 20.8 Å². The highest BCUT2D eigenvalue weighted by atomic mass is 16.3. The van der Waals surface area contributed by atoms with Crippen molar-refractivity contribution in [3.8, 4) is 66.8 Å². The lowest BCUT2D eigenvalue weighted by Crippen LogP contribution is -2.33. The van der Waals surface area contributed by atoms with Crippen molar-refractivity contribution in [3.05, 3.63) is 326 Å². The van der Waals surface area contributed by atoms with Gasteiger partial charge in [0, 0.05) is 49.3 Å². The van der Waals surface area contributed by atoms with Crippen molar-refractivity contribution in [2.75, 3.05) is 4.90 Å². The molecule has 0 unspecified atom stereocenters. The van der Waals surface area contributed by atoms with Gasteiger partial charge in [0.05, 0.1) is 16.5 Å². The Hall–Kier alpha value is -10.7. The van der Waals surface area contributed by atoms with Crippen molar-refractivity contribution in [1.82, 2.24) is 0 Å². The largest absolute Gasteiger partial charge is 0.456 e. The highest BCUT2D eigenvalue weighted by Gasteiger charge is 2.59. The van der Waals surface area contributed by atoms with Crippen LogP contribution in [0.25, 0.3) is 111 Å². The molecular weight excluding hydrogens is 1400 g/mol. The van der Waals surface area contributed by atoms with Gasteiger partial charge in [-0.1, -0.05) is 350 Å². The quantitative estimate of drug-likeness (QED) is 0.0481. The second-order valence-corrected chi connectivity index (χ2v) is 35.8. The van der Waals surface area contributed by atoms with Gasteiger partial charge in [0.2, 0.25) is 0 Å². The first-order valence-corrected chi connectivity index (χ1v) is 45.0. The number of nitrogens with zero attached hydrogens (tertiary/aromatic N) is 1. The van der Waals surface area contributed by atoms with Gasteiger partial charge in [-0.15, -0.1) is 0 Å². The zero-order valence-corrected chi connectivity index (χ0v) is 69.3. The molecule has 6 aliphatic carbocycles. The van der Waals surface area contributed by atoms with Crippen LogP contribution in [0.5, 0.6) is 0 Å². The summed E-state index contributed by atoms with van der Waals surface area (Å²) >= 11 is 0. The first-order chi connectivity index (χ1) is 57.1. The van der Waals surface area contributed by atoms with E-state index in [2.05, 4.69) is 296 Å². The Morgan fingerprint density at radius 1 is 0.267 bits per heavy atom. The minimum Gasteiger partial charge on any atom is -0.456 e. The van der Waals surface area contributed by atoms with Gasteiger partial charge >= 0.3 is 0 Å². The molecule has 116 heavy (non-hydrogen) atoms. The van der Waals surface area contributed by atoms with Crippen LogP contribution in [-0.2, 0) is 21.7 Å². The van der Waals surface area contributed by atoms with Crippen LogP contribution in [0.4, 0.5) is 17.1 Å². The molecule has 0 saturated carbocycles. The summed E-state index contributed by atoms with van der Waals surface area (Å²) in [6.07, 6.45) is 29.5. The molecule has 21 rings (SSSR count). The van der Waals surface area contributed by atoms with E-state index in [-0.39, 0.29) is 10.8 Å². The zero-order valence-electron chi connectivity index (χ0n) is 69.3. The predicted octanol–water partition coefficient (Wildman–Crippen LogP) is 32.5. The summed E-state index contributed by atoms with van der Waals surface area (Å²) in [5, 5.41) is 4.92. The minimum absolute atomic E-state index is 0.185. The molecule has 0 N–H and O–H groups in total. The van der Waals surface area contributed by atoms with Crippen LogP contribution in [-0.4, -0.2) is 0 Å². The molecule has 0 saturated heterocycles. The van der Waals surface area contributed by atoms with E-state index in [0.29, 0.717) is 0 Å². The molecule has 0 radical (unpaired) electrons. The number of benzene rings is 13. The fourth-order valence-corrected chi connectivity index (χ4v) is 24.7. The van der Waals surface area contributed by atoms with Gasteiger partial charge in [-0.25, -0.2) is 0 Å². The number of aryl methyl sites for hydroxylation is 3. The second kappa shape index (κ2) is 28.9. The van der Waals surface area contributed by atoms with Gasteiger partial charge in [0.15, 0.2) is 0 Å². The van der Waals surface area contributed by atoms with E-state index in [1.165, 1.54) is 295 Å². The summed E-state index contributed by atoms with van der Waals surface area (Å²) in [6.45, 7) is 16.6. The molecule has 578 valence electrons. The van der Waals surface area contributed by atoms with Crippen molar-refractivity contribution in [2.45, 2.75) is 224 Å². The summed E-state index contributed by atoms with van der Waals surface area (Å²) in [5.41, 5.74) is 42.8. The number of fused-ring (bicyclic) bond motifs is 36. The van der Waals surface area contributed by atoms with E-state index in [4.69, 9.17) is 8.83 Å². The van der Waals surface area contributed by atoms with Gasteiger partial charge in [-0.3, -0.25) is 0 Å². The number of hydrogen-bond acceptors (Lipinski definition) is 3. The number of rotatable bonds is 27. The lowest BCUT2D eigenvalue weighted by atomic mass is 9.62. The summed E-state index contributed by atoms with van der Waals surface area (Å²) in [4.78, 5) is 2.75. The van der Waals surface area contributed by atoms with Crippen molar-refractivity contribution in [3.63, 3.8) is 0 Å². The predicted molar refractivity (Wildman–Crippen MR) is 488 cm³/mol. The van der Waals surface area contributed by atoms with Crippen molar-refractivity contribution < 1.29 is 8.83 Å². The maximum absolute atomic E-state index is 7.68. The molecule has 3 nitrogen and oxygen atoms in total. The van der Waals surface area contributed by atoms with Gasteiger partial charge in [0.25, 0.3) is 0 Å². The molecule has 2 spiro atoms. The molecule has 2 aromatic heterocycles. The molecule has 15 aromatic rings. The van der Waals surface area contributed by atoms with Crippen LogP contribution in [0.1, 0.15) is 265 Å². The van der Waals surface area contributed by atoms with E-state index in [1.54, 1.807) is 16.7 Å². The summed E-state index contributed by atoms with van der Waals surface area (Å²) in [6, 6.07) is 96.1. The van der Waals surface area contributed by atoms with Crippen LogP contribution in [0.3, 0.4) is 0 Å². The van der Waals surface area contributed by atoms with Gasteiger partial charge in [-0.2, -0.15) is 0 Å². The van der Waals surface area contributed by atoms with Crippen LogP contribution in [0.2, 0.25) is 0 Å². The summed E-state index contributed by atoms with van der Waals surface area (Å²) < 4.78 is 14.6. The smallest absolute Gasteiger partial charge is 0.144 e. The Morgan fingerprint density at radius 3 is 1.19 bits per heavy atom. The molecule has 3 heteroatoms. The SMILES string of the molecule is CCCCCCCC1(CCCCCCC)c2ccccc2-c2c1c1c(c3c2oc2ccccc23)-c2ccc(N(c3ccc4c(c3)C3(c5ccccc5-c5ccccc53)c3cc5c(cc3-4)C3(c4ccccc4-c4ccccc43)c3ccc4oc6ccccc6c4c3-5)c3c(C)cc(C)cc3C)cc2C1(CCCCCCC)CCCCCCC. The number of hydrogen-bond donors (Lipinski definition) is 0. The third-order valence-electron chi connectivity index (χ3n) is 29.3. The lowest BCUT2D eigenvalue weighted by Gasteiger charge is -2.40. The molecule has 0 fully saturated rings. The fourth-order valence-electron chi connectivity index (χ4n) is 24.7. The first kappa shape index (κ1) is 72.9. The average Bonchev–Trinajstić information content (AvgIpc) is 1.46. The van der Waals surface area contributed by atoms with Crippen molar-refractivity contribution in [1.29, 1.82) is 0 Å². The molecule has 0 bridgehead atoms. The van der Waals surface area contributed by atoms with Crippen LogP contribution >= 0.6 is 0 Å². The summed E-state index contributed by atoms with van der Waals surface area (Å²) in [5.74, 6) is 0. The standard InChI is InChI=1S/C113H109NO2/c1-8-12-16-20-38-62-110(63-39-21-17-13-9-2)88-49-31-28-46-82(88)105-107(110)106-103(104-85-48-30-37-55-99(85)116-109(104)105)83-59-57-75(68-94(83)111(106,64-40-22-18-14-10-3)65-41-23-19-15-11-4)114(108-73(6)66-72(5)67-74(108)7)76-56-58-81-86-70-97-87(71-96(86)113(95(81)69-76)91-52-34-26-44-79(91)80-45-27-35-53-92(80)113)101-93(60-61-100-102(101)84-47-29-36-54-98(84)115-100)112(97)89-50-32-24-42-77(89)78-43-25-33-51-90(78)112/h24-37,42-61,66-71H,8-23,38-41,62-65H2,1-7H3. The van der Waals surface area contributed by atoms with E-state index < -0.39 is 10.8 Å². The molecular formula is C113H109NO2. The van der Waals surface area contributed by atoms with E-state index in [9.17, 15) is 0 Å². The fraction of sp³-hybridized carbons (Fsp3) is 0.310. The minimum atomic E-state index is -0.695. The van der Waals surface area contributed by atoms with Gasteiger partial charge < -0.3 is 13.7 Å². The molecule has 6 aliphatic rings. The Balaban J connectivity index is 0.838. The third kappa shape index (κ3) is 10.5. The Morgan fingerprint density at radius 2 is 0.655 bits per heavy atom. The lowest BCUT2D eigenvalue weighted by molar-refractivity contribution is 0.369. The van der Waals surface area contributed by atoms with Gasteiger partial charge in [-0.05, 0) is 240 Å². The maximum Gasteiger partial charge on any atom is 0.144 e. The average molecular weight is 1510 g/mol. The molecule has 0 amide bonds. The van der Waals surface area contributed by atoms with Crippen LogP contribution in [0.15, 0.2) is 251 Å². The number of para-hydroxylation sites is 2.